The van der Waals surface area contributed by atoms with E-state index in [9.17, 15) is 14.9 Å². The number of amides is 1. The second-order valence-corrected chi connectivity index (χ2v) is 6.68. The highest BCUT2D eigenvalue weighted by molar-refractivity contribution is 6.33. The molecule has 1 saturated heterocycles. The van der Waals surface area contributed by atoms with E-state index in [0.29, 0.717) is 18.8 Å². The molecule has 1 fully saturated rings. The van der Waals surface area contributed by atoms with Crippen molar-refractivity contribution in [2.24, 2.45) is 0 Å². The highest BCUT2D eigenvalue weighted by atomic mass is 35.5. The standard InChI is InChI=1S/C18H15ClN2O5/c19-15-3-2-13(21(23)24)8-14(15)18(22)20-6-5-12(9-20)11-1-4-16-17(7-11)26-10-25-16/h1-4,7-8,12H,5-6,9-10H2. The van der Waals surface area contributed by atoms with Gasteiger partial charge in [-0.3, -0.25) is 14.9 Å². The molecule has 8 heteroatoms. The van der Waals surface area contributed by atoms with Crippen LogP contribution in [0.15, 0.2) is 36.4 Å². The number of rotatable bonds is 3. The van der Waals surface area contributed by atoms with Crippen molar-refractivity contribution in [1.29, 1.82) is 0 Å². The number of hydrogen-bond donors (Lipinski definition) is 0. The van der Waals surface area contributed by atoms with E-state index in [0.717, 1.165) is 17.7 Å². The van der Waals surface area contributed by atoms with E-state index in [1.165, 1.54) is 18.2 Å². The fourth-order valence-electron chi connectivity index (χ4n) is 3.34. The number of likely N-dealkylation sites (tertiary alicyclic amines) is 1. The summed E-state index contributed by atoms with van der Waals surface area (Å²) in [6.07, 6.45) is 0.804. The smallest absolute Gasteiger partial charge is 0.270 e. The van der Waals surface area contributed by atoms with Crippen LogP contribution in [0.5, 0.6) is 11.5 Å². The second kappa shape index (κ2) is 6.49. The number of carbonyl (C=O) groups is 1. The van der Waals surface area contributed by atoms with Crippen LogP contribution in [0.25, 0.3) is 0 Å². The molecule has 0 bridgehead atoms. The summed E-state index contributed by atoms with van der Waals surface area (Å²) in [7, 11) is 0. The van der Waals surface area contributed by atoms with Crippen LogP contribution in [0.2, 0.25) is 5.02 Å². The molecule has 0 radical (unpaired) electrons. The summed E-state index contributed by atoms with van der Waals surface area (Å²) in [5.74, 6) is 1.32. The first-order valence-electron chi connectivity index (χ1n) is 8.15. The van der Waals surface area contributed by atoms with Crippen LogP contribution in [0.4, 0.5) is 5.69 Å². The summed E-state index contributed by atoms with van der Waals surface area (Å²) in [5.41, 5.74) is 1.09. The molecule has 2 aromatic carbocycles. The molecule has 0 aliphatic carbocycles. The average molecular weight is 375 g/mol. The molecule has 1 amide bonds. The lowest BCUT2D eigenvalue weighted by molar-refractivity contribution is -0.384. The maximum Gasteiger partial charge on any atom is 0.270 e. The molecule has 134 valence electrons. The minimum Gasteiger partial charge on any atom is -0.454 e. The Labute approximate surface area is 154 Å². The molecule has 0 saturated carbocycles. The Hall–Kier alpha value is -2.80. The first-order chi connectivity index (χ1) is 12.5. The molecule has 2 aliphatic heterocycles. The van der Waals surface area contributed by atoms with Gasteiger partial charge in [0.15, 0.2) is 11.5 Å². The monoisotopic (exact) mass is 374 g/mol. The van der Waals surface area contributed by atoms with E-state index in [1.807, 2.05) is 18.2 Å². The first kappa shape index (κ1) is 16.7. The lowest BCUT2D eigenvalue weighted by atomic mass is 9.98. The van der Waals surface area contributed by atoms with Crippen molar-refractivity contribution in [2.45, 2.75) is 12.3 Å². The van der Waals surface area contributed by atoms with Crippen molar-refractivity contribution in [3.05, 3.63) is 62.7 Å². The molecular formula is C18H15ClN2O5. The summed E-state index contributed by atoms with van der Waals surface area (Å²) in [5, 5.41) is 11.2. The number of fused-ring (bicyclic) bond motifs is 1. The zero-order valence-corrected chi connectivity index (χ0v) is 14.4. The molecule has 2 aromatic rings. The number of halogens is 1. The van der Waals surface area contributed by atoms with E-state index in [-0.39, 0.29) is 34.9 Å². The predicted molar refractivity (Wildman–Crippen MR) is 93.9 cm³/mol. The number of benzene rings is 2. The third kappa shape index (κ3) is 2.94. The quantitative estimate of drug-likeness (QED) is 0.605. The van der Waals surface area contributed by atoms with Gasteiger partial charge in [0.25, 0.3) is 11.6 Å². The number of non-ortho nitro benzene ring substituents is 1. The zero-order chi connectivity index (χ0) is 18.3. The third-order valence-corrected chi connectivity index (χ3v) is 5.06. The number of nitro benzene ring substituents is 1. The van der Waals surface area contributed by atoms with Gasteiger partial charge in [-0.15, -0.1) is 0 Å². The molecule has 1 atom stereocenters. The summed E-state index contributed by atoms with van der Waals surface area (Å²) >= 11 is 6.09. The second-order valence-electron chi connectivity index (χ2n) is 6.27. The van der Waals surface area contributed by atoms with E-state index in [2.05, 4.69) is 0 Å². The van der Waals surface area contributed by atoms with Gasteiger partial charge in [-0.2, -0.15) is 0 Å². The third-order valence-electron chi connectivity index (χ3n) is 4.73. The largest absolute Gasteiger partial charge is 0.454 e. The van der Waals surface area contributed by atoms with Gasteiger partial charge < -0.3 is 14.4 Å². The maximum absolute atomic E-state index is 12.8. The predicted octanol–water partition coefficient (Wildman–Crippen LogP) is 3.61. The topological polar surface area (TPSA) is 81.9 Å². The molecule has 26 heavy (non-hydrogen) atoms. The Bertz CT molecular complexity index is 901. The Morgan fingerprint density at radius 3 is 2.81 bits per heavy atom. The van der Waals surface area contributed by atoms with E-state index in [1.54, 1.807) is 4.90 Å². The SMILES string of the molecule is O=C(c1cc([N+](=O)[O-])ccc1Cl)N1CCC(c2ccc3c(c2)OCO3)C1. The summed E-state index contributed by atoms with van der Waals surface area (Å²) in [6.45, 7) is 1.31. The van der Waals surface area contributed by atoms with Crippen molar-refractivity contribution >= 4 is 23.2 Å². The summed E-state index contributed by atoms with van der Waals surface area (Å²) < 4.78 is 10.7. The Balaban J connectivity index is 1.53. The van der Waals surface area contributed by atoms with E-state index < -0.39 is 4.92 Å². The Kier molecular flexibility index (Phi) is 4.16. The van der Waals surface area contributed by atoms with Gasteiger partial charge in [-0.05, 0) is 30.2 Å². The fourth-order valence-corrected chi connectivity index (χ4v) is 3.54. The Morgan fingerprint density at radius 1 is 1.19 bits per heavy atom. The van der Waals surface area contributed by atoms with Crippen LogP contribution >= 0.6 is 11.6 Å². The van der Waals surface area contributed by atoms with Crippen molar-refractivity contribution in [2.75, 3.05) is 19.9 Å². The first-order valence-corrected chi connectivity index (χ1v) is 8.53. The van der Waals surface area contributed by atoms with E-state index in [4.69, 9.17) is 21.1 Å². The number of nitro groups is 1. The van der Waals surface area contributed by atoms with Crippen LogP contribution in [-0.2, 0) is 0 Å². The van der Waals surface area contributed by atoms with Crippen LogP contribution < -0.4 is 9.47 Å². The van der Waals surface area contributed by atoms with E-state index >= 15 is 0 Å². The maximum atomic E-state index is 12.8. The fraction of sp³-hybridized carbons (Fsp3) is 0.278. The highest BCUT2D eigenvalue weighted by Crippen LogP contribution is 2.37. The van der Waals surface area contributed by atoms with Gasteiger partial charge in [0, 0.05) is 31.1 Å². The van der Waals surface area contributed by atoms with Gasteiger partial charge >= 0.3 is 0 Å². The number of ether oxygens (including phenoxy) is 2. The molecule has 7 nitrogen and oxygen atoms in total. The molecule has 1 unspecified atom stereocenters. The van der Waals surface area contributed by atoms with Crippen LogP contribution in [0.1, 0.15) is 28.3 Å². The van der Waals surface area contributed by atoms with Gasteiger partial charge in [0.1, 0.15) is 0 Å². The Morgan fingerprint density at radius 2 is 2.00 bits per heavy atom. The van der Waals surface area contributed by atoms with Crippen molar-refractivity contribution in [3.63, 3.8) is 0 Å². The number of nitrogens with zero attached hydrogens (tertiary/aromatic N) is 2. The van der Waals surface area contributed by atoms with Gasteiger partial charge in [0.2, 0.25) is 6.79 Å². The number of carbonyl (C=O) groups excluding carboxylic acids is 1. The normalized spacial score (nSPS) is 18.2. The van der Waals surface area contributed by atoms with Crippen LogP contribution in [-0.4, -0.2) is 35.6 Å². The molecule has 0 N–H and O–H groups in total. The zero-order valence-electron chi connectivity index (χ0n) is 13.7. The van der Waals surface area contributed by atoms with Gasteiger partial charge in [-0.1, -0.05) is 17.7 Å². The van der Waals surface area contributed by atoms with Crippen molar-refractivity contribution < 1.29 is 19.2 Å². The summed E-state index contributed by atoms with van der Waals surface area (Å²) in [4.78, 5) is 24.9. The van der Waals surface area contributed by atoms with Crippen LogP contribution in [0, 0.1) is 10.1 Å². The highest BCUT2D eigenvalue weighted by Gasteiger charge is 2.30. The minimum atomic E-state index is -0.535. The van der Waals surface area contributed by atoms with Gasteiger partial charge in [-0.25, -0.2) is 0 Å². The van der Waals surface area contributed by atoms with Crippen LogP contribution in [0.3, 0.4) is 0 Å². The molecule has 0 aromatic heterocycles. The number of hydrogen-bond acceptors (Lipinski definition) is 5. The lowest BCUT2D eigenvalue weighted by Gasteiger charge is -2.17. The molecule has 0 spiro atoms. The molecule has 2 aliphatic rings. The minimum absolute atomic E-state index is 0.149. The molecule has 4 rings (SSSR count). The van der Waals surface area contributed by atoms with Crippen molar-refractivity contribution in [3.8, 4) is 11.5 Å². The molecular weight excluding hydrogens is 360 g/mol. The van der Waals surface area contributed by atoms with Gasteiger partial charge in [0.05, 0.1) is 15.5 Å². The van der Waals surface area contributed by atoms with Crippen molar-refractivity contribution in [1.82, 2.24) is 4.90 Å². The molecule has 2 heterocycles. The lowest BCUT2D eigenvalue weighted by Crippen LogP contribution is -2.28. The summed E-state index contributed by atoms with van der Waals surface area (Å²) in [6, 6.07) is 9.71. The average Bonchev–Trinajstić information content (AvgIpc) is 3.30.